The Bertz CT molecular complexity index is 534. The number of benzene rings is 1. The lowest BCUT2D eigenvalue weighted by Gasteiger charge is -2.19. The molecule has 0 radical (unpaired) electrons. The van der Waals surface area contributed by atoms with Gasteiger partial charge in [-0.05, 0) is 36.1 Å². The number of allylic oxidation sites excluding steroid dienone is 1. The molecular weight excluding hydrogens is 239 g/mol. The third-order valence-corrected chi connectivity index (χ3v) is 3.34. The van der Waals surface area contributed by atoms with Gasteiger partial charge in [0, 0.05) is 17.1 Å². The summed E-state index contributed by atoms with van der Waals surface area (Å²) in [5.41, 5.74) is 2.63. The van der Waals surface area contributed by atoms with Crippen molar-refractivity contribution in [1.29, 1.82) is 0 Å². The van der Waals surface area contributed by atoms with Crippen LogP contribution in [0.5, 0.6) is 0 Å². The van der Waals surface area contributed by atoms with Gasteiger partial charge in [-0.25, -0.2) is 4.39 Å². The van der Waals surface area contributed by atoms with Gasteiger partial charge >= 0.3 is 0 Å². The number of aliphatic imine (C=N–C) groups is 1. The molecule has 1 N–H and O–H groups in total. The molecule has 1 aromatic rings. The summed E-state index contributed by atoms with van der Waals surface area (Å²) in [5.74, 6) is 0.657. The van der Waals surface area contributed by atoms with Crippen LogP contribution in [0.3, 0.4) is 0 Å². The van der Waals surface area contributed by atoms with Crippen LogP contribution in [0.2, 0.25) is 5.02 Å². The van der Waals surface area contributed by atoms with Crippen LogP contribution in [0.4, 0.5) is 4.39 Å². The number of rotatable bonds is 1. The van der Waals surface area contributed by atoms with E-state index in [1.165, 1.54) is 6.07 Å². The maximum Gasteiger partial charge on any atom is 0.128 e. The van der Waals surface area contributed by atoms with E-state index < -0.39 is 0 Å². The van der Waals surface area contributed by atoms with E-state index in [4.69, 9.17) is 11.6 Å². The largest absolute Gasteiger partial charge is 0.368 e. The van der Waals surface area contributed by atoms with Gasteiger partial charge in [-0.2, -0.15) is 0 Å². The van der Waals surface area contributed by atoms with E-state index in [0.717, 1.165) is 48.5 Å². The number of nitrogens with one attached hydrogen (secondary N) is 1. The Morgan fingerprint density at radius 1 is 1.35 bits per heavy atom. The molecule has 0 aromatic heterocycles. The molecule has 2 nitrogen and oxygen atoms in total. The molecule has 0 saturated carbocycles. The first-order valence-corrected chi connectivity index (χ1v) is 6.10. The maximum absolute atomic E-state index is 13.8. The fraction of sp³-hybridized carbons (Fsp3) is 0.308. The highest BCUT2D eigenvalue weighted by Gasteiger charge is 2.21. The monoisotopic (exact) mass is 250 g/mol. The second-order valence-electron chi connectivity index (χ2n) is 4.23. The fourth-order valence-corrected chi connectivity index (χ4v) is 2.58. The van der Waals surface area contributed by atoms with Crippen molar-refractivity contribution in [3.8, 4) is 0 Å². The van der Waals surface area contributed by atoms with E-state index in [2.05, 4.69) is 16.4 Å². The van der Waals surface area contributed by atoms with Crippen LogP contribution in [0.25, 0.3) is 5.57 Å². The molecule has 17 heavy (non-hydrogen) atoms. The van der Waals surface area contributed by atoms with Crippen molar-refractivity contribution in [2.45, 2.75) is 12.8 Å². The molecule has 0 unspecified atom stereocenters. The molecule has 0 fully saturated rings. The predicted octanol–water partition coefficient (Wildman–Crippen LogP) is 2.81. The average Bonchev–Trinajstić information content (AvgIpc) is 2.81. The van der Waals surface area contributed by atoms with Crippen LogP contribution < -0.4 is 5.32 Å². The minimum absolute atomic E-state index is 0.211. The predicted molar refractivity (Wildman–Crippen MR) is 68.0 cm³/mol. The van der Waals surface area contributed by atoms with Crippen LogP contribution in [-0.4, -0.2) is 18.9 Å². The zero-order valence-corrected chi connectivity index (χ0v) is 10.0. The first-order chi connectivity index (χ1) is 8.25. The van der Waals surface area contributed by atoms with Crippen LogP contribution in [0.1, 0.15) is 17.5 Å². The van der Waals surface area contributed by atoms with E-state index in [9.17, 15) is 4.39 Å². The SMILES string of the molecule is Fc1cc(Cl)cc2c1CCC=C2C1=NCCN1. The zero-order chi connectivity index (χ0) is 11.8. The van der Waals surface area contributed by atoms with Crippen molar-refractivity contribution in [2.24, 2.45) is 4.99 Å². The number of hydrogen-bond acceptors (Lipinski definition) is 2. The summed E-state index contributed by atoms with van der Waals surface area (Å²) in [5, 5.41) is 3.66. The third-order valence-electron chi connectivity index (χ3n) is 3.12. The van der Waals surface area contributed by atoms with E-state index >= 15 is 0 Å². The van der Waals surface area contributed by atoms with E-state index in [1.807, 2.05) is 6.07 Å². The van der Waals surface area contributed by atoms with Crippen molar-refractivity contribution in [3.05, 3.63) is 40.2 Å². The smallest absolute Gasteiger partial charge is 0.128 e. The van der Waals surface area contributed by atoms with E-state index in [0.29, 0.717) is 5.02 Å². The summed E-state index contributed by atoms with van der Waals surface area (Å²) >= 11 is 5.93. The summed E-state index contributed by atoms with van der Waals surface area (Å²) in [6.07, 6.45) is 3.69. The molecule has 0 saturated heterocycles. The average molecular weight is 251 g/mol. The quantitative estimate of drug-likeness (QED) is 0.814. The molecule has 4 heteroatoms. The summed E-state index contributed by atoms with van der Waals surface area (Å²) in [7, 11) is 0. The number of halogens is 2. The Kier molecular flexibility index (Phi) is 2.63. The molecule has 3 rings (SSSR count). The van der Waals surface area contributed by atoms with Crippen molar-refractivity contribution in [3.63, 3.8) is 0 Å². The Labute approximate surface area is 104 Å². The van der Waals surface area contributed by atoms with E-state index in [1.54, 1.807) is 0 Å². The molecule has 1 aromatic carbocycles. The van der Waals surface area contributed by atoms with Gasteiger partial charge < -0.3 is 5.32 Å². The van der Waals surface area contributed by atoms with Crippen LogP contribution in [0.15, 0.2) is 23.2 Å². The van der Waals surface area contributed by atoms with Crippen LogP contribution in [-0.2, 0) is 6.42 Å². The highest BCUT2D eigenvalue weighted by atomic mass is 35.5. The summed E-state index contributed by atoms with van der Waals surface area (Å²) < 4.78 is 13.8. The second kappa shape index (κ2) is 4.15. The molecule has 0 spiro atoms. The Morgan fingerprint density at radius 2 is 2.24 bits per heavy atom. The Morgan fingerprint density at radius 3 is 3.00 bits per heavy atom. The first kappa shape index (κ1) is 10.8. The number of hydrogen-bond donors (Lipinski definition) is 1. The second-order valence-corrected chi connectivity index (χ2v) is 4.66. The van der Waals surface area contributed by atoms with Crippen molar-refractivity contribution < 1.29 is 4.39 Å². The van der Waals surface area contributed by atoms with Gasteiger partial charge in [0.1, 0.15) is 11.7 Å². The van der Waals surface area contributed by atoms with Crippen molar-refractivity contribution >= 4 is 23.0 Å². The lowest BCUT2D eigenvalue weighted by molar-refractivity contribution is 0.607. The van der Waals surface area contributed by atoms with Gasteiger partial charge in [0.15, 0.2) is 0 Å². The standard InChI is InChI=1S/C13H12ClFN2/c14-8-6-11-9(12(15)7-8)2-1-3-10(11)13-16-4-5-17-13/h3,6-7H,1-2,4-5H2,(H,16,17). The number of nitrogens with zero attached hydrogens (tertiary/aromatic N) is 1. The number of amidine groups is 1. The van der Waals surface area contributed by atoms with Gasteiger partial charge in [0.2, 0.25) is 0 Å². The van der Waals surface area contributed by atoms with Gasteiger partial charge in [-0.3, -0.25) is 4.99 Å². The summed E-state index contributed by atoms with van der Waals surface area (Å²) in [4.78, 5) is 4.39. The third kappa shape index (κ3) is 1.84. The molecule has 1 heterocycles. The highest BCUT2D eigenvalue weighted by molar-refractivity contribution is 6.31. The van der Waals surface area contributed by atoms with Crippen LogP contribution >= 0.6 is 11.6 Å². The Hall–Kier alpha value is -1.35. The summed E-state index contributed by atoms with van der Waals surface area (Å²) in [6, 6.07) is 3.21. The molecule has 0 amide bonds. The normalized spacial score (nSPS) is 18.2. The summed E-state index contributed by atoms with van der Waals surface area (Å²) in [6.45, 7) is 1.64. The Balaban J connectivity index is 2.13. The topological polar surface area (TPSA) is 24.4 Å². The van der Waals surface area contributed by atoms with Gasteiger partial charge in [-0.1, -0.05) is 17.7 Å². The molecule has 2 aliphatic rings. The van der Waals surface area contributed by atoms with Gasteiger partial charge in [0.25, 0.3) is 0 Å². The lowest BCUT2D eigenvalue weighted by atomic mass is 9.90. The minimum Gasteiger partial charge on any atom is -0.368 e. The van der Waals surface area contributed by atoms with Gasteiger partial charge in [0.05, 0.1) is 6.54 Å². The van der Waals surface area contributed by atoms with Crippen molar-refractivity contribution in [2.75, 3.05) is 13.1 Å². The molecule has 0 atom stereocenters. The fourth-order valence-electron chi connectivity index (χ4n) is 2.37. The number of fused-ring (bicyclic) bond motifs is 1. The van der Waals surface area contributed by atoms with Crippen molar-refractivity contribution in [1.82, 2.24) is 5.32 Å². The van der Waals surface area contributed by atoms with E-state index in [-0.39, 0.29) is 5.82 Å². The lowest BCUT2D eigenvalue weighted by Crippen LogP contribution is -2.22. The molecule has 0 bridgehead atoms. The molecule has 88 valence electrons. The molecule has 1 aliphatic carbocycles. The van der Waals surface area contributed by atoms with Gasteiger partial charge in [-0.15, -0.1) is 0 Å². The van der Waals surface area contributed by atoms with Crippen LogP contribution in [0, 0.1) is 5.82 Å². The first-order valence-electron chi connectivity index (χ1n) is 5.73. The minimum atomic E-state index is -0.211. The highest BCUT2D eigenvalue weighted by Crippen LogP contribution is 2.32. The maximum atomic E-state index is 13.8. The molecule has 1 aliphatic heterocycles. The zero-order valence-electron chi connectivity index (χ0n) is 9.26. The molecular formula is C13H12ClFN2.